The van der Waals surface area contributed by atoms with E-state index in [-0.39, 0.29) is 0 Å². The predicted molar refractivity (Wildman–Crippen MR) is 66.1 cm³/mol. The van der Waals surface area contributed by atoms with Crippen LogP contribution in [0.5, 0.6) is 0 Å². The van der Waals surface area contributed by atoms with E-state index in [4.69, 9.17) is 0 Å². The summed E-state index contributed by atoms with van der Waals surface area (Å²) in [5.74, 6) is -0.398. The summed E-state index contributed by atoms with van der Waals surface area (Å²) < 4.78 is 1.65. The Balaban J connectivity index is 1.96. The molecule has 1 aromatic heterocycles. The van der Waals surface area contributed by atoms with E-state index >= 15 is 0 Å². The number of aromatic nitrogens is 3. The highest BCUT2D eigenvalue weighted by Crippen LogP contribution is 2.45. The second kappa shape index (κ2) is 4.12. The molecular weight excluding hydrogens is 262 g/mol. The maximum absolute atomic E-state index is 12.6. The van der Waals surface area contributed by atoms with Gasteiger partial charge >= 0.3 is 6.03 Å². The minimum Gasteiger partial charge on any atom is -0.319 e. The fourth-order valence-electron chi connectivity index (χ4n) is 2.81. The predicted octanol–water partition coefficient (Wildman–Crippen LogP) is 0.125. The Labute approximate surface area is 115 Å². The van der Waals surface area contributed by atoms with Crippen molar-refractivity contribution in [1.29, 1.82) is 0 Å². The maximum Gasteiger partial charge on any atom is 0.331 e. The van der Waals surface area contributed by atoms with Crippen molar-refractivity contribution in [2.45, 2.75) is 32.2 Å². The van der Waals surface area contributed by atoms with Gasteiger partial charge in [-0.2, -0.15) is 0 Å². The molecule has 1 aliphatic heterocycles. The van der Waals surface area contributed by atoms with Gasteiger partial charge in [0.05, 0.1) is 6.04 Å². The zero-order valence-corrected chi connectivity index (χ0v) is 11.3. The Hall–Kier alpha value is -2.25. The van der Waals surface area contributed by atoms with Crippen LogP contribution >= 0.6 is 0 Å². The number of aryl methyl sites for hydroxylation is 1. The molecule has 20 heavy (non-hydrogen) atoms. The maximum atomic E-state index is 12.6. The van der Waals surface area contributed by atoms with Gasteiger partial charge in [0.25, 0.3) is 0 Å². The average molecular weight is 277 g/mol. The van der Waals surface area contributed by atoms with E-state index in [1.807, 2.05) is 0 Å². The lowest BCUT2D eigenvalue weighted by atomic mass is 9.66. The molecule has 8 heteroatoms. The number of carbonyl (C=O) groups excluding carboxylic acids is 3. The van der Waals surface area contributed by atoms with Crippen LogP contribution in [-0.4, -0.2) is 37.5 Å². The molecular formula is C12H15N5O3. The van der Waals surface area contributed by atoms with E-state index < -0.39 is 29.3 Å². The summed E-state index contributed by atoms with van der Waals surface area (Å²) in [6.07, 6.45) is 3.31. The van der Waals surface area contributed by atoms with Gasteiger partial charge in [0.2, 0.25) is 11.8 Å². The van der Waals surface area contributed by atoms with Gasteiger partial charge in [-0.1, -0.05) is 6.42 Å². The van der Waals surface area contributed by atoms with Gasteiger partial charge < -0.3 is 4.57 Å². The van der Waals surface area contributed by atoms with Crippen molar-refractivity contribution in [3.05, 3.63) is 12.2 Å². The van der Waals surface area contributed by atoms with Gasteiger partial charge in [-0.25, -0.2) is 4.79 Å². The fourth-order valence-corrected chi connectivity index (χ4v) is 2.81. The van der Waals surface area contributed by atoms with Crippen LogP contribution in [0.1, 0.15) is 38.1 Å². The smallest absolute Gasteiger partial charge is 0.319 e. The molecule has 1 saturated carbocycles. The Kier molecular flexibility index (Phi) is 2.63. The zero-order valence-electron chi connectivity index (χ0n) is 11.3. The van der Waals surface area contributed by atoms with E-state index in [9.17, 15) is 14.4 Å². The van der Waals surface area contributed by atoms with E-state index in [0.29, 0.717) is 18.7 Å². The number of carbonyl (C=O) groups is 3. The summed E-state index contributed by atoms with van der Waals surface area (Å²) in [5.41, 5.74) is -1.05. The highest BCUT2D eigenvalue weighted by Gasteiger charge is 2.58. The first-order chi connectivity index (χ1) is 9.47. The Morgan fingerprint density at radius 2 is 2.05 bits per heavy atom. The summed E-state index contributed by atoms with van der Waals surface area (Å²) in [6, 6.07) is -1.26. The molecule has 0 bridgehead atoms. The number of nitrogens with one attached hydrogen (secondary N) is 1. The standard InChI is InChI=1S/C12H15N5O3/c1-7(8-15-13-6-16(8)2)17-10(19)12(4-3-5-12)9(18)14-11(17)20/h6-7H,3-5H2,1-2H3,(H,14,18,20). The SMILES string of the molecule is CC(c1nncn1C)N1C(=O)NC(=O)C2(CCC2)C1=O. The van der Waals surface area contributed by atoms with E-state index in [2.05, 4.69) is 15.5 Å². The van der Waals surface area contributed by atoms with Gasteiger partial charge in [-0.15, -0.1) is 10.2 Å². The molecule has 1 N–H and O–H groups in total. The lowest BCUT2D eigenvalue weighted by molar-refractivity contribution is -0.159. The largest absolute Gasteiger partial charge is 0.331 e. The summed E-state index contributed by atoms with van der Waals surface area (Å²) >= 11 is 0. The lowest BCUT2D eigenvalue weighted by Gasteiger charge is -2.45. The van der Waals surface area contributed by atoms with Crippen LogP contribution in [0.4, 0.5) is 4.79 Å². The first-order valence-electron chi connectivity index (χ1n) is 6.50. The highest BCUT2D eigenvalue weighted by molar-refractivity contribution is 6.19. The number of nitrogens with zero attached hydrogens (tertiary/aromatic N) is 4. The number of hydrogen-bond acceptors (Lipinski definition) is 5. The first-order valence-corrected chi connectivity index (χ1v) is 6.50. The highest BCUT2D eigenvalue weighted by atomic mass is 16.2. The molecule has 1 unspecified atom stereocenters. The summed E-state index contributed by atoms with van der Waals surface area (Å²) in [6.45, 7) is 1.70. The summed E-state index contributed by atoms with van der Waals surface area (Å²) in [5, 5.41) is 9.96. The molecule has 1 aromatic rings. The van der Waals surface area contributed by atoms with Gasteiger partial charge in [0.1, 0.15) is 11.7 Å². The minimum absolute atomic E-state index is 0.423. The molecule has 0 aromatic carbocycles. The topological polar surface area (TPSA) is 97.2 Å². The van der Waals surface area contributed by atoms with E-state index in [1.165, 1.54) is 6.33 Å². The minimum atomic E-state index is -1.05. The fraction of sp³-hybridized carbons (Fsp3) is 0.583. The zero-order chi connectivity index (χ0) is 14.5. The van der Waals surface area contributed by atoms with Gasteiger partial charge in [0.15, 0.2) is 5.82 Å². The van der Waals surface area contributed by atoms with Gasteiger partial charge in [-0.3, -0.25) is 19.8 Å². The van der Waals surface area contributed by atoms with Crippen molar-refractivity contribution in [3.63, 3.8) is 0 Å². The van der Waals surface area contributed by atoms with Crippen LogP contribution in [0.25, 0.3) is 0 Å². The van der Waals surface area contributed by atoms with E-state index in [0.717, 1.165) is 11.3 Å². The molecule has 0 radical (unpaired) electrons. The quantitative estimate of drug-likeness (QED) is 0.775. The van der Waals surface area contributed by atoms with Gasteiger partial charge in [0, 0.05) is 7.05 Å². The third-order valence-electron chi connectivity index (χ3n) is 4.22. The number of hydrogen-bond donors (Lipinski definition) is 1. The molecule has 8 nitrogen and oxygen atoms in total. The molecule has 2 heterocycles. The third kappa shape index (κ3) is 1.50. The molecule has 2 aliphatic rings. The lowest BCUT2D eigenvalue weighted by Crippen LogP contribution is -2.66. The molecule has 2 fully saturated rings. The first kappa shape index (κ1) is 12.8. The second-order valence-corrected chi connectivity index (χ2v) is 5.35. The molecule has 3 rings (SSSR count). The number of amides is 4. The number of barbiturate groups is 1. The van der Waals surface area contributed by atoms with Crippen LogP contribution in [0, 0.1) is 5.41 Å². The van der Waals surface area contributed by atoms with Crippen molar-refractivity contribution in [1.82, 2.24) is 25.0 Å². The number of imide groups is 2. The van der Waals surface area contributed by atoms with E-state index in [1.54, 1.807) is 18.5 Å². The molecule has 1 spiro atoms. The summed E-state index contributed by atoms with van der Waals surface area (Å²) in [4.78, 5) is 37.6. The number of urea groups is 1. The Bertz CT molecular complexity index is 604. The van der Waals surface area contributed by atoms with Crippen molar-refractivity contribution in [2.75, 3.05) is 0 Å². The molecule has 1 saturated heterocycles. The number of rotatable bonds is 2. The third-order valence-corrected chi connectivity index (χ3v) is 4.22. The molecule has 1 atom stereocenters. The van der Waals surface area contributed by atoms with Crippen LogP contribution in [0.15, 0.2) is 6.33 Å². The van der Waals surface area contributed by atoms with Crippen LogP contribution in [0.3, 0.4) is 0 Å². The van der Waals surface area contributed by atoms with Crippen molar-refractivity contribution in [3.8, 4) is 0 Å². The van der Waals surface area contributed by atoms with Crippen molar-refractivity contribution in [2.24, 2.45) is 12.5 Å². The molecule has 106 valence electrons. The van der Waals surface area contributed by atoms with Crippen LogP contribution < -0.4 is 5.32 Å². The van der Waals surface area contributed by atoms with Crippen molar-refractivity contribution >= 4 is 17.8 Å². The summed E-state index contributed by atoms with van der Waals surface area (Å²) in [7, 11) is 1.74. The van der Waals surface area contributed by atoms with Crippen LogP contribution in [0.2, 0.25) is 0 Å². The Morgan fingerprint density at radius 3 is 2.55 bits per heavy atom. The molecule has 4 amide bonds. The van der Waals surface area contributed by atoms with Gasteiger partial charge in [-0.05, 0) is 19.8 Å². The normalized spacial score (nSPS) is 22.7. The Morgan fingerprint density at radius 1 is 1.35 bits per heavy atom. The van der Waals surface area contributed by atoms with Crippen LogP contribution in [-0.2, 0) is 16.6 Å². The molecule has 1 aliphatic carbocycles. The van der Waals surface area contributed by atoms with Crippen molar-refractivity contribution < 1.29 is 14.4 Å². The second-order valence-electron chi connectivity index (χ2n) is 5.35. The average Bonchev–Trinajstić information content (AvgIpc) is 2.72. The monoisotopic (exact) mass is 277 g/mol.